The van der Waals surface area contributed by atoms with Gasteiger partial charge in [-0.05, 0) is 6.92 Å². The lowest BCUT2D eigenvalue weighted by Crippen LogP contribution is -2.43. The SMILES string of the molecule is CC1CN(CC(=O)c2cccc([N+](=O)[O-])c2)CCO1. The number of carbonyl (C=O) groups excluding carboxylic acids is 1. The average molecular weight is 264 g/mol. The van der Waals surface area contributed by atoms with E-state index in [4.69, 9.17) is 4.74 Å². The van der Waals surface area contributed by atoms with Crippen LogP contribution in [0.5, 0.6) is 0 Å². The normalized spacial score (nSPS) is 20.2. The molecule has 0 aliphatic carbocycles. The molecule has 1 aliphatic rings. The predicted octanol–water partition coefficient (Wildman–Crippen LogP) is 1.50. The van der Waals surface area contributed by atoms with Gasteiger partial charge in [-0.1, -0.05) is 12.1 Å². The fourth-order valence-electron chi connectivity index (χ4n) is 2.12. The quantitative estimate of drug-likeness (QED) is 0.468. The van der Waals surface area contributed by atoms with Gasteiger partial charge >= 0.3 is 0 Å². The first-order valence-corrected chi connectivity index (χ1v) is 6.18. The Labute approximate surface area is 111 Å². The number of hydrogen-bond donors (Lipinski definition) is 0. The summed E-state index contributed by atoms with van der Waals surface area (Å²) in [6, 6.07) is 5.85. The van der Waals surface area contributed by atoms with Crippen LogP contribution in [0.2, 0.25) is 0 Å². The lowest BCUT2D eigenvalue weighted by Gasteiger charge is -2.30. The zero-order chi connectivity index (χ0) is 13.8. The first kappa shape index (κ1) is 13.6. The lowest BCUT2D eigenvalue weighted by atomic mass is 10.1. The van der Waals surface area contributed by atoms with Gasteiger partial charge in [-0.2, -0.15) is 0 Å². The van der Waals surface area contributed by atoms with Crippen molar-refractivity contribution >= 4 is 11.5 Å². The van der Waals surface area contributed by atoms with Crippen LogP contribution in [0.3, 0.4) is 0 Å². The molecule has 0 saturated carbocycles. The molecule has 1 fully saturated rings. The molecule has 0 N–H and O–H groups in total. The van der Waals surface area contributed by atoms with Crippen molar-refractivity contribution in [2.45, 2.75) is 13.0 Å². The van der Waals surface area contributed by atoms with Gasteiger partial charge in [0.05, 0.1) is 24.2 Å². The van der Waals surface area contributed by atoms with E-state index in [1.807, 2.05) is 11.8 Å². The number of rotatable bonds is 4. The third kappa shape index (κ3) is 3.59. The minimum absolute atomic E-state index is 0.0544. The minimum Gasteiger partial charge on any atom is -0.376 e. The van der Waals surface area contributed by atoms with Crippen LogP contribution in [0.1, 0.15) is 17.3 Å². The number of benzene rings is 1. The smallest absolute Gasteiger partial charge is 0.270 e. The molecule has 6 heteroatoms. The number of ketones is 1. The van der Waals surface area contributed by atoms with Gasteiger partial charge in [0, 0.05) is 30.8 Å². The van der Waals surface area contributed by atoms with E-state index < -0.39 is 4.92 Å². The number of non-ortho nitro benzene ring substituents is 1. The van der Waals surface area contributed by atoms with Crippen molar-refractivity contribution in [1.82, 2.24) is 4.90 Å². The summed E-state index contributed by atoms with van der Waals surface area (Å²) in [6.45, 7) is 4.27. The van der Waals surface area contributed by atoms with Gasteiger partial charge in [-0.15, -0.1) is 0 Å². The Hall–Kier alpha value is -1.79. The van der Waals surface area contributed by atoms with E-state index in [9.17, 15) is 14.9 Å². The van der Waals surface area contributed by atoms with E-state index >= 15 is 0 Å². The topological polar surface area (TPSA) is 72.7 Å². The molecule has 0 aromatic heterocycles. The predicted molar refractivity (Wildman–Crippen MR) is 69.3 cm³/mol. The molecule has 2 rings (SSSR count). The van der Waals surface area contributed by atoms with Gasteiger partial charge in [-0.3, -0.25) is 19.8 Å². The van der Waals surface area contributed by atoms with E-state index in [0.717, 1.165) is 0 Å². The van der Waals surface area contributed by atoms with Gasteiger partial charge in [-0.25, -0.2) is 0 Å². The largest absolute Gasteiger partial charge is 0.376 e. The molecule has 0 bridgehead atoms. The van der Waals surface area contributed by atoms with E-state index in [0.29, 0.717) is 25.3 Å². The highest BCUT2D eigenvalue weighted by atomic mass is 16.6. The summed E-state index contributed by atoms with van der Waals surface area (Å²) in [5, 5.41) is 10.7. The number of morpholine rings is 1. The second kappa shape index (κ2) is 5.90. The van der Waals surface area contributed by atoms with E-state index in [2.05, 4.69) is 0 Å². The minimum atomic E-state index is -0.492. The first-order chi connectivity index (χ1) is 9.06. The Morgan fingerprint density at radius 3 is 3.05 bits per heavy atom. The van der Waals surface area contributed by atoms with E-state index in [1.54, 1.807) is 6.07 Å². The van der Waals surface area contributed by atoms with Crippen LogP contribution in [-0.2, 0) is 4.74 Å². The number of Topliss-reactive ketones (excluding diaryl/α,β-unsaturated/α-hetero) is 1. The van der Waals surface area contributed by atoms with E-state index in [1.165, 1.54) is 18.2 Å². The van der Waals surface area contributed by atoms with Crippen LogP contribution in [0, 0.1) is 10.1 Å². The van der Waals surface area contributed by atoms with Crippen molar-refractivity contribution in [3.63, 3.8) is 0 Å². The number of nitrogens with zero attached hydrogens (tertiary/aromatic N) is 2. The molecule has 1 saturated heterocycles. The summed E-state index contributed by atoms with van der Waals surface area (Å²) in [7, 11) is 0. The number of ether oxygens (including phenoxy) is 1. The van der Waals surface area contributed by atoms with Gasteiger partial charge in [0.15, 0.2) is 5.78 Å². The van der Waals surface area contributed by atoms with Gasteiger partial charge in [0.2, 0.25) is 0 Å². The Kier molecular flexibility index (Phi) is 4.24. The summed E-state index contributed by atoms with van der Waals surface area (Å²) >= 11 is 0. The van der Waals surface area contributed by atoms with Crippen LogP contribution >= 0.6 is 0 Å². The van der Waals surface area contributed by atoms with Crippen molar-refractivity contribution in [1.29, 1.82) is 0 Å². The second-order valence-corrected chi connectivity index (χ2v) is 4.65. The third-order valence-electron chi connectivity index (χ3n) is 3.07. The molecule has 0 amide bonds. The maximum Gasteiger partial charge on any atom is 0.270 e. The van der Waals surface area contributed by atoms with Crippen molar-refractivity contribution < 1.29 is 14.5 Å². The molecule has 1 atom stereocenters. The van der Waals surface area contributed by atoms with Crippen LogP contribution in [0.4, 0.5) is 5.69 Å². The van der Waals surface area contributed by atoms with Crippen molar-refractivity contribution in [2.75, 3.05) is 26.2 Å². The van der Waals surface area contributed by atoms with Crippen LogP contribution in [0.15, 0.2) is 24.3 Å². The fourth-order valence-corrected chi connectivity index (χ4v) is 2.12. The van der Waals surface area contributed by atoms with Crippen LogP contribution in [-0.4, -0.2) is 48.0 Å². The van der Waals surface area contributed by atoms with Crippen molar-refractivity contribution in [3.05, 3.63) is 39.9 Å². The molecule has 1 aromatic rings. The molecule has 1 unspecified atom stereocenters. The molecular weight excluding hydrogens is 248 g/mol. The maximum atomic E-state index is 12.1. The van der Waals surface area contributed by atoms with Gasteiger partial charge < -0.3 is 4.74 Å². The molecule has 1 aromatic carbocycles. The summed E-state index contributed by atoms with van der Waals surface area (Å²) in [4.78, 5) is 24.3. The van der Waals surface area contributed by atoms with Gasteiger partial charge in [0.1, 0.15) is 0 Å². The summed E-state index contributed by atoms with van der Waals surface area (Å²) < 4.78 is 5.40. The Bertz CT molecular complexity index is 489. The molecule has 1 aliphatic heterocycles. The zero-order valence-electron chi connectivity index (χ0n) is 10.7. The van der Waals surface area contributed by atoms with Crippen LogP contribution < -0.4 is 0 Å². The summed E-state index contributed by atoms with van der Waals surface area (Å²) in [5.74, 6) is -0.0993. The fraction of sp³-hybridized carbons (Fsp3) is 0.462. The molecule has 1 heterocycles. The monoisotopic (exact) mass is 264 g/mol. The lowest BCUT2D eigenvalue weighted by molar-refractivity contribution is -0.384. The second-order valence-electron chi connectivity index (χ2n) is 4.65. The summed E-state index contributed by atoms with van der Waals surface area (Å²) in [5.41, 5.74) is 0.328. The van der Waals surface area contributed by atoms with Crippen molar-refractivity contribution in [3.8, 4) is 0 Å². The summed E-state index contributed by atoms with van der Waals surface area (Å²) in [6.07, 6.45) is 0.117. The number of nitro benzene ring substituents is 1. The average Bonchev–Trinajstić information content (AvgIpc) is 2.39. The highest BCUT2D eigenvalue weighted by Gasteiger charge is 2.20. The van der Waals surface area contributed by atoms with Crippen LogP contribution in [0.25, 0.3) is 0 Å². The Morgan fingerprint density at radius 1 is 1.58 bits per heavy atom. The zero-order valence-corrected chi connectivity index (χ0v) is 10.7. The Balaban J connectivity index is 2.03. The first-order valence-electron chi connectivity index (χ1n) is 6.18. The number of carbonyl (C=O) groups is 1. The molecule has 0 radical (unpaired) electrons. The highest BCUT2D eigenvalue weighted by molar-refractivity contribution is 5.98. The number of hydrogen-bond acceptors (Lipinski definition) is 5. The number of nitro groups is 1. The Morgan fingerprint density at radius 2 is 2.37 bits per heavy atom. The van der Waals surface area contributed by atoms with Crippen molar-refractivity contribution in [2.24, 2.45) is 0 Å². The molecule has 102 valence electrons. The standard InChI is InChI=1S/C13H16N2O4/c1-10-8-14(5-6-19-10)9-13(16)11-3-2-4-12(7-11)15(17)18/h2-4,7,10H,5-6,8-9H2,1H3. The molecule has 0 spiro atoms. The highest BCUT2D eigenvalue weighted by Crippen LogP contribution is 2.14. The molecule has 19 heavy (non-hydrogen) atoms. The van der Waals surface area contributed by atoms with Gasteiger partial charge in [0.25, 0.3) is 5.69 Å². The van der Waals surface area contributed by atoms with E-state index in [-0.39, 0.29) is 24.1 Å². The third-order valence-corrected chi connectivity index (χ3v) is 3.07. The molecular formula is C13H16N2O4. The molecule has 6 nitrogen and oxygen atoms in total. The maximum absolute atomic E-state index is 12.1.